The molecule has 23 heavy (non-hydrogen) atoms. The molecule has 1 aliphatic carbocycles. The van der Waals surface area contributed by atoms with E-state index in [0.717, 1.165) is 19.3 Å². The van der Waals surface area contributed by atoms with Gasteiger partial charge < -0.3 is 10.8 Å². The second-order valence-electron chi connectivity index (χ2n) is 6.92. The quantitative estimate of drug-likeness (QED) is 0.618. The van der Waals surface area contributed by atoms with Crippen molar-refractivity contribution in [2.45, 2.75) is 77.2 Å². The molecule has 0 amide bonds. The van der Waals surface area contributed by atoms with Gasteiger partial charge in [-0.15, -0.1) is 0 Å². The van der Waals surface area contributed by atoms with Crippen LogP contribution in [0.2, 0.25) is 0 Å². The van der Waals surface area contributed by atoms with E-state index in [1.165, 1.54) is 67.2 Å². The number of allylic oxidation sites excluding steroid dienone is 1. The number of nitrogens with two attached hydrogens (primary N) is 1. The van der Waals surface area contributed by atoms with E-state index in [4.69, 9.17) is 5.73 Å². The van der Waals surface area contributed by atoms with Crippen molar-refractivity contribution < 1.29 is 5.11 Å². The molecule has 0 aromatic heterocycles. The highest BCUT2D eigenvalue weighted by molar-refractivity contribution is 5.70. The molecule has 2 heteroatoms. The number of unbranched alkanes of at least 4 members (excludes halogenated alkanes) is 5. The van der Waals surface area contributed by atoms with Gasteiger partial charge in [0, 0.05) is 6.04 Å². The van der Waals surface area contributed by atoms with Gasteiger partial charge in [0.15, 0.2) is 0 Å². The Morgan fingerprint density at radius 1 is 1.13 bits per heavy atom. The Hall–Kier alpha value is -1.12. The summed E-state index contributed by atoms with van der Waals surface area (Å²) in [6.45, 7) is 2.33. The molecule has 1 aromatic rings. The number of hydrogen-bond donors (Lipinski definition) is 2. The highest BCUT2D eigenvalue weighted by atomic mass is 16.3. The lowest BCUT2D eigenvalue weighted by atomic mass is 9.86. The van der Waals surface area contributed by atoms with Crippen LogP contribution in [0.15, 0.2) is 24.3 Å². The molecule has 0 radical (unpaired) electrons. The van der Waals surface area contributed by atoms with Crippen LogP contribution in [-0.4, -0.2) is 17.8 Å². The van der Waals surface area contributed by atoms with E-state index in [0.29, 0.717) is 0 Å². The summed E-state index contributed by atoms with van der Waals surface area (Å²) in [5.41, 5.74) is 11.5. The van der Waals surface area contributed by atoms with Crippen molar-refractivity contribution in [3.8, 4) is 0 Å². The van der Waals surface area contributed by atoms with Crippen molar-refractivity contribution >= 4 is 5.57 Å². The third-order valence-corrected chi connectivity index (χ3v) is 4.86. The minimum atomic E-state index is -0.144. The second-order valence-corrected chi connectivity index (χ2v) is 6.92. The number of aliphatic hydroxyl groups is 1. The lowest BCUT2D eigenvalue weighted by Gasteiger charge is -2.21. The van der Waals surface area contributed by atoms with Gasteiger partial charge in [-0.05, 0) is 54.4 Å². The summed E-state index contributed by atoms with van der Waals surface area (Å²) in [5.74, 6) is 0. The molecule has 0 saturated carbocycles. The molecule has 3 N–H and O–H groups in total. The second kappa shape index (κ2) is 9.89. The van der Waals surface area contributed by atoms with Gasteiger partial charge in [0.05, 0.1) is 6.61 Å². The van der Waals surface area contributed by atoms with Crippen LogP contribution in [0.5, 0.6) is 0 Å². The maximum Gasteiger partial charge on any atom is 0.0585 e. The number of fused-ring (bicyclic) bond motifs is 1. The zero-order valence-electron chi connectivity index (χ0n) is 14.7. The molecule has 2 rings (SSSR count). The molecule has 128 valence electrons. The molecule has 0 aliphatic heterocycles. The first-order valence-corrected chi connectivity index (χ1v) is 9.42. The summed E-state index contributed by atoms with van der Waals surface area (Å²) < 4.78 is 0. The fourth-order valence-corrected chi connectivity index (χ4v) is 3.48. The number of benzene rings is 1. The minimum Gasteiger partial charge on any atom is -0.395 e. The SMILES string of the molecule is CCCCCCCCc1ccc2c(c1)CCC=C2C[C@H](N)CO. The smallest absolute Gasteiger partial charge is 0.0585 e. The minimum absolute atomic E-state index is 0.0583. The average molecular weight is 316 g/mol. The van der Waals surface area contributed by atoms with Crippen molar-refractivity contribution in [3.05, 3.63) is 41.0 Å². The molecule has 0 bridgehead atoms. The zero-order chi connectivity index (χ0) is 16.5. The largest absolute Gasteiger partial charge is 0.395 e. The van der Waals surface area contributed by atoms with Gasteiger partial charge in [-0.25, -0.2) is 0 Å². The van der Waals surface area contributed by atoms with Crippen molar-refractivity contribution in [2.75, 3.05) is 6.61 Å². The summed E-state index contributed by atoms with van der Waals surface area (Å²) in [4.78, 5) is 0. The van der Waals surface area contributed by atoms with Crippen LogP contribution in [0.1, 0.15) is 75.0 Å². The molecule has 1 aliphatic rings. The molecule has 2 nitrogen and oxygen atoms in total. The fourth-order valence-electron chi connectivity index (χ4n) is 3.48. The van der Waals surface area contributed by atoms with E-state index >= 15 is 0 Å². The van der Waals surface area contributed by atoms with E-state index in [1.54, 1.807) is 0 Å². The van der Waals surface area contributed by atoms with Gasteiger partial charge in [0.25, 0.3) is 0 Å². The maximum atomic E-state index is 9.18. The fraction of sp³-hybridized carbons (Fsp3) is 0.619. The Kier molecular flexibility index (Phi) is 7.84. The topological polar surface area (TPSA) is 46.2 Å². The first kappa shape index (κ1) is 18.2. The van der Waals surface area contributed by atoms with E-state index in [1.807, 2.05) is 0 Å². The van der Waals surface area contributed by atoms with Gasteiger partial charge >= 0.3 is 0 Å². The summed E-state index contributed by atoms with van der Waals surface area (Å²) in [6.07, 6.45) is 14.6. The Labute approximate surface area is 141 Å². The average Bonchev–Trinajstić information content (AvgIpc) is 2.58. The predicted molar refractivity (Wildman–Crippen MR) is 99.5 cm³/mol. The van der Waals surface area contributed by atoms with Crippen LogP contribution in [0.4, 0.5) is 0 Å². The van der Waals surface area contributed by atoms with Crippen molar-refractivity contribution in [1.82, 2.24) is 0 Å². The van der Waals surface area contributed by atoms with Gasteiger partial charge in [0.1, 0.15) is 0 Å². The zero-order valence-corrected chi connectivity index (χ0v) is 14.7. The van der Waals surface area contributed by atoms with E-state index in [2.05, 4.69) is 31.2 Å². The summed E-state index contributed by atoms with van der Waals surface area (Å²) >= 11 is 0. The summed E-state index contributed by atoms with van der Waals surface area (Å²) in [6, 6.07) is 6.82. The van der Waals surface area contributed by atoms with Crippen LogP contribution in [-0.2, 0) is 12.8 Å². The molecule has 0 spiro atoms. The normalized spacial score (nSPS) is 15.2. The van der Waals surface area contributed by atoms with E-state index in [9.17, 15) is 5.11 Å². The molecule has 1 atom stereocenters. The van der Waals surface area contributed by atoms with Gasteiger partial charge in [-0.3, -0.25) is 0 Å². The molecule has 0 fully saturated rings. The Bertz CT molecular complexity index is 507. The van der Waals surface area contributed by atoms with Crippen LogP contribution in [0.3, 0.4) is 0 Å². The van der Waals surface area contributed by atoms with E-state index in [-0.39, 0.29) is 12.6 Å². The lowest BCUT2D eigenvalue weighted by Crippen LogP contribution is -2.25. The molecular formula is C21H33NO. The molecule has 1 aromatic carbocycles. The molecule has 0 saturated heterocycles. The number of rotatable bonds is 10. The van der Waals surface area contributed by atoms with Crippen LogP contribution < -0.4 is 5.73 Å². The standard InChI is InChI=1S/C21H33NO/c1-2-3-4-5-6-7-9-17-12-13-21-18(14-17)10-8-11-19(21)15-20(22)16-23/h11-14,20,23H,2-10,15-16,22H2,1H3/t20-/m0/s1. The molecule has 0 unspecified atom stereocenters. The summed E-state index contributed by atoms with van der Waals surface area (Å²) in [7, 11) is 0. The van der Waals surface area contributed by atoms with Gasteiger partial charge in [0.2, 0.25) is 0 Å². The maximum absolute atomic E-state index is 9.18. The highest BCUT2D eigenvalue weighted by Gasteiger charge is 2.15. The van der Waals surface area contributed by atoms with Crippen molar-refractivity contribution in [3.63, 3.8) is 0 Å². The first-order chi connectivity index (χ1) is 11.2. The Balaban J connectivity index is 1.88. The summed E-state index contributed by atoms with van der Waals surface area (Å²) in [5, 5.41) is 9.18. The first-order valence-electron chi connectivity index (χ1n) is 9.42. The van der Waals surface area contributed by atoms with E-state index < -0.39 is 0 Å². The highest BCUT2D eigenvalue weighted by Crippen LogP contribution is 2.30. The molecular weight excluding hydrogens is 282 g/mol. The number of aryl methyl sites for hydroxylation is 2. The van der Waals surface area contributed by atoms with Crippen molar-refractivity contribution in [1.29, 1.82) is 0 Å². The predicted octanol–water partition coefficient (Wildman–Crippen LogP) is 4.63. The van der Waals surface area contributed by atoms with Crippen LogP contribution in [0, 0.1) is 0 Å². The number of hydrogen-bond acceptors (Lipinski definition) is 2. The lowest BCUT2D eigenvalue weighted by molar-refractivity contribution is 0.267. The van der Waals surface area contributed by atoms with Gasteiger partial charge in [-0.1, -0.05) is 63.3 Å². The monoisotopic (exact) mass is 315 g/mol. The third-order valence-electron chi connectivity index (χ3n) is 4.86. The third kappa shape index (κ3) is 5.78. The van der Waals surface area contributed by atoms with Crippen LogP contribution >= 0.6 is 0 Å². The van der Waals surface area contributed by atoms with Crippen LogP contribution in [0.25, 0.3) is 5.57 Å². The Morgan fingerprint density at radius 3 is 2.70 bits per heavy atom. The Morgan fingerprint density at radius 2 is 1.91 bits per heavy atom. The molecule has 0 heterocycles. The van der Waals surface area contributed by atoms with Gasteiger partial charge in [-0.2, -0.15) is 0 Å². The van der Waals surface area contributed by atoms with Crippen molar-refractivity contribution in [2.24, 2.45) is 5.73 Å². The number of aliphatic hydroxyl groups excluding tert-OH is 1.